The van der Waals surface area contributed by atoms with Crippen molar-refractivity contribution >= 4 is 0 Å². The van der Waals surface area contributed by atoms with Gasteiger partial charge in [0.05, 0.1) is 6.61 Å². The van der Waals surface area contributed by atoms with Crippen molar-refractivity contribution in [2.45, 2.75) is 31.8 Å². The largest absolute Gasteiger partial charge is 0.383 e. The van der Waals surface area contributed by atoms with E-state index in [2.05, 4.69) is 10.2 Å². The van der Waals surface area contributed by atoms with Crippen LogP contribution in [0.4, 0.5) is 4.39 Å². The van der Waals surface area contributed by atoms with Gasteiger partial charge in [0.25, 0.3) is 0 Å². The molecule has 1 heterocycles. The summed E-state index contributed by atoms with van der Waals surface area (Å²) in [7, 11) is 1.73. The highest BCUT2D eigenvalue weighted by Crippen LogP contribution is 2.19. The number of hydrogen-bond donors (Lipinski definition) is 1. The van der Waals surface area contributed by atoms with Crippen molar-refractivity contribution in [3.63, 3.8) is 0 Å². The highest BCUT2D eigenvalue weighted by Gasteiger charge is 2.21. The monoisotopic (exact) mass is 280 g/mol. The number of hydrogen-bond acceptors (Lipinski definition) is 3. The fourth-order valence-electron chi connectivity index (χ4n) is 2.77. The Hall–Kier alpha value is -0.970. The smallest absolute Gasteiger partial charge is 0.123 e. The summed E-state index contributed by atoms with van der Waals surface area (Å²) in [5, 5.41) is 3.45. The molecular weight excluding hydrogens is 255 g/mol. The maximum atomic E-state index is 12.9. The zero-order valence-electron chi connectivity index (χ0n) is 12.3. The molecule has 1 saturated heterocycles. The summed E-state index contributed by atoms with van der Waals surface area (Å²) in [5.41, 5.74) is 1.19. The molecule has 0 aliphatic carbocycles. The molecule has 0 amide bonds. The third kappa shape index (κ3) is 4.85. The predicted octanol–water partition coefficient (Wildman–Crippen LogP) is 2.42. The van der Waals surface area contributed by atoms with Gasteiger partial charge in [-0.2, -0.15) is 0 Å². The van der Waals surface area contributed by atoms with Crippen molar-refractivity contribution in [3.8, 4) is 0 Å². The molecule has 1 fully saturated rings. The van der Waals surface area contributed by atoms with Gasteiger partial charge in [-0.15, -0.1) is 0 Å². The van der Waals surface area contributed by atoms with Gasteiger partial charge in [-0.3, -0.25) is 4.90 Å². The third-order valence-electron chi connectivity index (χ3n) is 3.91. The topological polar surface area (TPSA) is 24.5 Å². The molecule has 3 nitrogen and oxygen atoms in total. The molecular formula is C16H25FN2O. The van der Waals surface area contributed by atoms with Crippen LogP contribution < -0.4 is 5.32 Å². The summed E-state index contributed by atoms with van der Waals surface area (Å²) in [6.07, 6.45) is 3.80. The lowest BCUT2D eigenvalue weighted by molar-refractivity contribution is 0.133. The number of benzene rings is 1. The van der Waals surface area contributed by atoms with Gasteiger partial charge in [-0.25, -0.2) is 4.39 Å². The Morgan fingerprint density at radius 3 is 2.85 bits per heavy atom. The Labute approximate surface area is 121 Å². The minimum atomic E-state index is -0.162. The molecule has 0 spiro atoms. The van der Waals surface area contributed by atoms with Crippen LogP contribution in [0.5, 0.6) is 0 Å². The highest BCUT2D eigenvalue weighted by atomic mass is 19.1. The zero-order chi connectivity index (χ0) is 14.2. The fourth-order valence-corrected chi connectivity index (χ4v) is 2.77. The standard InChI is InChI=1S/C16H25FN2O/c1-20-11-9-18-12-16-4-2-3-10-19(16)13-14-5-7-15(17)8-6-14/h5-8,16,18H,2-4,9-13H2,1H3. The molecule has 1 unspecified atom stereocenters. The van der Waals surface area contributed by atoms with Crippen LogP contribution in [0.2, 0.25) is 0 Å². The summed E-state index contributed by atoms with van der Waals surface area (Å²) in [5.74, 6) is -0.162. The number of ether oxygens (including phenoxy) is 1. The summed E-state index contributed by atoms with van der Waals surface area (Å²) in [4.78, 5) is 2.51. The van der Waals surface area contributed by atoms with E-state index in [-0.39, 0.29) is 5.82 Å². The van der Waals surface area contributed by atoms with Gasteiger partial charge >= 0.3 is 0 Å². The normalized spacial score (nSPS) is 20.2. The first-order valence-electron chi connectivity index (χ1n) is 7.48. The molecule has 112 valence electrons. The molecule has 0 radical (unpaired) electrons. The Kier molecular flexibility index (Phi) is 6.43. The van der Waals surface area contributed by atoms with Crippen LogP contribution in [0, 0.1) is 5.82 Å². The second-order valence-corrected chi connectivity index (χ2v) is 5.44. The molecule has 4 heteroatoms. The van der Waals surface area contributed by atoms with Crippen LogP contribution in [0.25, 0.3) is 0 Å². The van der Waals surface area contributed by atoms with Gasteiger partial charge in [-0.05, 0) is 37.1 Å². The summed E-state index contributed by atoms with van der Waals surface area (Å²) >= 11 is 0. The first-order chi connectivity index (χ1) is 9.79. The average Bonchev–Trinajstić information content (AvgIpc) is 2.47. The Morgan fingerprint density at radius 2 is 2.10 bits per heavy atom. The van der Waals surface area contributed by atoms with Gasteiger partial charge in [-0.1, -0.05) is 18.6 Å². The summed E-state index contributed by atoms with van der Waals surface area (Å²) in [6, 6.07) is 7.44. The van der Waals surface area contributed by atoms with E-state index in [0.29, 0.717) is 6.04 Å². The van der Waals surface area contributed by atoms with E-state index in [0.717, 1.165) is 32.8 Å². The predicted molar refractivity (Wildman–Crippen MR) is 79.2 cm³/mol. The molecule has 1 aliphatic heterocycles. The van der Waals surface area contributed by atoms with Gasteiger partial charge in [0.2, 0.25) is 0 Å². The van der Waals surface area contributed by atoms with Crippen LogP contribution in [0.1, 0.15) is 24.8 Å². The molecule has 0 aromatic heterocycles. The van der Waals surface area contributed by atoms with E-state index in [1.54, 1.807) is 19.2 Å². The van der Waals surface area contributed by atoms with Crippen molar-refractivity contribution < 1.29 is 9.13 Å². The molecule has 1 aliphatic rings. The van der Waals surface area contributed by atoms with Gasteiger partial charge in [0.15, 0.2) is 0 Å². The van der Waals surface area contributed by atoms with Crippen molar-refractivity contribution in [2.75, 3.05) is 33.4 Å². The Bertz CT molecular complexity index is 383. The van der Waals surface area contributed by atoms with Crippen LogP contribution in [0.15, 0.2) is 24.3 Å². The van der Waals surface area contributed by atoms with Crippen molar-refractivity contribution in [1.29, 1.82) is 0 Å². The van der Waals surface area contributed by atoms with Gasteiger partial charge < -0.3 is 10.1 Å². The molecule has 1 N–H and O–H groups in total. The number of likely N-dealkylation sites (tertiary alicyclic amines) is 1. The lowest BCUT2D eigenvalue weighted by atomic mass is 10.0. The van der Waals surface area contributed by atoms with Crippen molar-refractivity contribution in [3.05, 3.63) is 35.6 Å². The molecule has 1 aromatic rings. The number of piperidine rings is 1. The SMILES string of the molecule is COCCNCC1CCCCN1Cc1ccc(F)cc1. The van der Waals surface area contributed by atoms with E-state index < -0.39 is 0 Å². The molecule has 20 heavy (non-hydrogen) atoms. The quantitative estimate of drug-likeness (QED) is 0.776. The number of methoxy groups -OCH3 is 1. The van der Waals surface area contributed by atoms with Crippen molar-refractivity contribution in [2.24, 2.45) is 0 Å². The van der Waals surface area contributed by atoms with E-state index in [9.17, 15) is 4.39 Å². The van der Waals surface area contributed by atoms with E-state index >= 15 is 0 Å². The first kappa shape index (κ1) is 15.4. The lowest BCUT2D eigenvalue weighted by Crippen LogP contribution is -2.45. The van der Waals surface area contributed by atoms with Gasteiger partial charge in [0.1, 0.15) is 5.82 Å². The molecule has 0 bridgehead atoms. The van der Waals surface area contributed by atoms with Crippen molar-refractivity contribution in [1.82, 2.24) is 10.2 Å². The first-order valence-corrected chi connectivity index (χ1v) is 7.48. The fraction of sp³-hybridized carbons (Fsp3) is 0.625. The Balaban J connectivity index is 1.84. The maximum Gasteiger partial charge on any atom is 0.123 e. The van der Waals surface area contributed by atoms with E-state index in [4.69, 9.17) is 4.74 Å². The summed E-state index contributed by atoms with van der Waals surface area (Å²) < 4.78 is 18.0. The number of rotatable bonds is 7. The number of nitrogens with zero attached hydrogens (tertiary/aromatic N) is 1. The Morgan fingerprint density at radius 1 is 1.30 bits per heavy atom. The average molecular weight is 280 g/mol. The van der Waals surface area contributed by atoms with Crippen LogP contribution in [-0.4, -0.2) is 44.3 Å². The lowest BCUT2D eigenvalue weighted by Gasteiger charge is -2.36. The molecule has 2 rings (SSSR count). The van der Waals surface area contributed by atoms with Crippen LogP contribution in [-0.2, 0) is 11.3 Å². The van der Waals surface area contributed by atoms with E-state index in [1.165, 1.54) is 24.8 Å². The number of nitrogens with one attached hydrogen (secondary N) is 1. The highest BCUT2D eigenvalue weighted by molar-refractivity contribution is 5.16. The molecule has 0 saturated carbocycles. The second kappa shape index (κ2) is 8.35. The van der Waals surface area contributed by atoms with Crippen LogP contribution >= 0.6 is 0 Å². The minimum Gasteiger partial charge on any atom is -0.383 e. The van der Waals surface area contributed by atoms with Gasteiger partial charge in [0, 0.05) is 32.8 Å². The maximum absolute atomic E-state index is 12.9. The number of halogens is 1. The molecule has 1 atom stereocenters. The second-order valence-electron chi connectivity index (χ2n) is 5.44. The summed E-state index contributed by atoms with van der Waals surface area (Å²) in [6.45, 7) is 4.71. The van der Waals surface area contributed by atoms with Crippen LogP contribution in [0.3, 0.4) is 0 Å². The zero-order valence-corrected chi connectivity index (χ0v) is 12.3. The molecule has 1 aromatic carbocycles. The third-order valence-corrected chi connectivity index (χ3v) is 3.91. The van der Waals surface area contributed by atoms with E-state index in [1.807, 2.05) is 12.1 Å². The minimum absolute atomic E-state index is 0.162.